The summed E-state index contributed by atoms with van der Waals surface area (Å²) in [4.78, 5) is 11.7. The van der Waals surface area contributed by atoms with Gasteiger partial charge < -0.3 is 5.32 Å². The summed E-state index contributed by atoms with van der Waals surface area (Å²) >= 11 is 2.15. The van der Waals surface area contributed by atoms with E-state index in [2.05, 4.69) is 27.9 Å². The molecule has 1 N–H and O–H groups in total. The van der Waals surface area contributed by atoms with Gasteiger partial charge in [0.1, 0.15) is 11.6 Å². The van der Waals surface area contributed by atoms with E-state index in [1.54, 1.807) is 12.1 Å². The van der Waals surface area contributed by atoms with Crippen molar-refractivity contribution >= 4 is 34.2 Å². The summed E-state index contributed by atoms with van der Waals surface area (Å²) in [5, 5.41) is 2.60. The Morgan fingerprint density at radius 2 is 1.63 bits per heavy atom. The van der Waals surface area contributed by atoms with Gasteiger partial charge in [-0.3, -0.25) is 4.79 Å². The highest BCUT2D eigenvalue weighted by Crippen LogP contribution is 2.15. The van der Waals surface area contributed by atoms with E-state index in [4.69, 9.17) is 0 Å². The lowest BCUT2D eigenvalue weighted by molar-refractivity contribution is -0.115. The maximum Gasteiger partial charge on any atom is 0.229 e. The molecule has 0 fully saturated rings. The molecule has 0 unspecified atom stereocenters. The molecule has 0 heterocycles. The van der Waals surface area contributed by atoms with Gasteiger partial charge in [-0.05, 0) is 59.0 Å². The van der Waals surface area contributed by atoms with Crippen molar-refractivity contribution in [1.29, 1.82) is 0 Å². The number of benzene rings is 2. The average molecular weight is 373 g/mol. The van der Waals surface area contributed by atoms with Crippen LogP contribution in [0.3, 0.4) is 0 Å². The summed E-state index contributed by atoms with van der Waals surface area (Å²) < 4.78 is 27.8. The van der Waals surface area contributed by atoms with E-state index in [-0.39, 0.29) is 12.0 Å². The largest absolute Gasteiger partial charge is 0.326 e. The molecule has 1 amide bonds. The number of carbonyl (C=O) groups excluding carboxylic acids is 1. The summed E-state index contributed by atoms with van der Waals surface area (Å²) in [7, 11) is 0. The van der Waals surface area contributed by atoms with Crippen LogP contribution < -0.4 is 5.32 Å². The Morgan fingerprint density at radius 1 is 1.05 bits per heavy atom. The van der Waals surface area contributed by atoms with E-state index in [0.29, 0.717) is 5.69 Å². The second kappa shape index (κ2) is 6.10. The zero-order valence-corrected chi connectivity index (χ0v) is 11.9. The van der Waals surface area contributed by atoms with Crippen molar-refractivity contribution in [2.45, 2.75) is 6.42 Å². The van der Waals surface area contributed by atoms with Gasteiger partial charge in [0, 0.05) is 14.8 Å². The predicted molar refractivity (Wildman–Crippen MR) is 77.9 cm³/mol. The number of hydrogen-bond acceptors (Lipinski definition) is 1. The van der Waals surface area contributed by atoms with Crippen LogP contribution in [0, 0.1) is 15.2 Å². The van der Waals surface area contributed by atoms with E-state index in [0.717, 1.165) is 15.7 Å². The number of anilines is 1. The van der Waals surface area contributed by atoms with Gasteiger partial charge in [0.25, 0.3) is 0 Å². The van der Waals surface area contributed by atoms with E-state index in [1.165, 1.54) is 6.07 Å². The van der Waals surface area contributed by atoms with E-state index in [1.807, 2.05) is 12.1 Å². The minimum atomic E-state index is -0.710. The molecule has 0 atom stereocenters. The fraction of sp³-hybridized carbons (Fsp3) is 0.0714. The monoisotopic (exact) mass is 373 g/mol. The normalized spacial score (nSPS) is 10.3. The Bertz CT molecular complexity index is 579. The summed E-state index contributed by atoms with van der Waals surface area (Å²) in [5.74, 6) is -1.87. The summed E-state index contributed by atoms with van der Waals surface area (Å²) in [6, 6.07) is 10.7. The highest BCUT2D eigenvalue weighted by Gasteiger charge is 2.12. The molecule has 5 heteroatoms. The van der Waals surface area contributed by atoms with Gasteiger partial charge in [-0.1, -0.05) is 6.07 Å². The van der Waals surface area contributed by atoms with Crippen molar-refractivity contribution in [3.8, 4) is 0 Å². The average Bonchev–Trinajstić information content (AvgIpc) is 2.37. The number of rotatable bonds is 3. The molecule has 98 valence electrons. The smallest absolute Gasteiger partial charge is 0.229 e. The second-order valence-corrected chi connectivity index (χ2v) is 5.18. The van der Waals surface area contributed by atoms with Crippen molar-refractivity contribution in [3.05, 3.63) is 63.2 Å². The van der Waals surface area contributed by atoms with Crippen LogP contribution in [0.2, 0.25) is 0 Å². The van der Waals surface area contributed by atoms with Gasteiger partial charge in [-0.25, -0.2) is 8.78 Å². The number of nitrogens with one attached hydrogen (secondary N) is 1. The molecule has 19 heavy (non-hydrogen) atoms. The number of hydrogen-bond donors (Lipinski definition) is 1. The van der Waals surface area contributed by atoms with Crippen LogP contribution in [0.15, 0.2) is 42.5 Å². The molecule has 2 nitrogen and oxygen atoms in total. The van der Waals surface area contributed by atoms with E-state index >= 15 is 0 Å². The van der Waals surface area contributed by atoms with Crippen molar-refractivity contribution in [3.63, 3.8) is 0 Å². The fourth-order valence-electron chi connectivity index (χ4n) is 1.60. The Balaban J connectivity index is 2.07. The predicted octanol–water partition coefficient (Wildman–Crippen LogP) is 3.75. The highest BCUT2D eigenvalue weighted by molar-refractivity contribution is 14.1. The van der Waals surface area contributed by atoms with Crippen LogP contribution in [0.5, 0.6) is 0 Å². The SMILES string of the molecule is O=C(Cc1c(F)cccc1F)Nc1ccc(I)cc1. The van der Waals surface area contributed by atoms with Gasteiger partial charge in [-0.15, -0.1) is 0 Å². The summed E-state index contributed by atoms with van der Waals surface area (Å²) in [6.07, 6.45) is -0.329. The quantitative estimate of drug-likeness (QED) is 0.816. The lowest BCUT2D eigenvalue weighted by Crippen LogP contribution is -2.16. The molecule has 0 spiro atoms. The molecule has 0 saturated carbocycles. The van der Waals surface area contributed by atoms with Gasteiger partial charge >= 0.3 is 0 Å². The van der Waals surface area contributed by atoms with Gasteiger partial charge in [-0.2, -0.15) is 0 Å². The zero-order chi connectivity index (χ0) is 13.8. The molecule has 0 aliphatic carbocycles. The lowest BCUT2D eigenvalue weighted by atomic mass is 10.1. The molecule has 2 aromatic carbocycles. The number of amides is 1. The Labute approximate surface area is 123 Å². The van der Waals surface area contributed by atoms with Crippen molar-refractivity contribution in [2.24, 2.45) is 0 Å². The molecular formula is C14H10F2INO. The molecule has 0 bridgehead atoms. The van der Waals surface area contributed by atoms with Crippen LogP contribution in [-0.2, 0) is 11.2 Å². The molecule has 0 radical (unpaired) electrons. The first-order valence-corrected chi connectivity index (χ1v) is 6.62. The number of halogens is 3. The summed E-state index contributed by atoms with van der Waals surface area (Å²) in [5.41, 5.74) is 0.382. The van der Waals surface area contributed by atoms with Gasteiger partial charge in [0.2, 0.25) is 5.91 Å². The van der Waals surface area contributed by atoms with E-state index < -0.39 is 17.5 Å². The first-order chi connectivity index (χ1) is 9.06. The third kappa shape index (κ3) is 3.73. The molecule has 0 aliphatic heterocycles. The minimum Gasteiger partial charge on any atom is -0.326 e. The first-order valence-electron chi connectivity index (χ1n) is 5.54. The van der Waals surface area contributed by atoms with Crippen LogP contribution >= 0.6 is 22.6 Å². The minimum absolute atomic E-state index is 0.217. The fourth-order valence-corrected chi connectivity index (χ4v) is 1.96. The van der Waals surface area contributed by atoms with E-state index in [9.17, 15) is 13.6 Å². The Hall–Kier alpha value is -1.50. The molecule has 2 aromatic rings. The maximum atomic E-state index is 13.4. The molecule has 0 aromatic heterocycles. The standard InChI is InChI=1S/C14H10F2INO/c15-12-2-1-3-13(16)11(12)8-14(19)18-10-6-4-9(17)5-7-10/h1-7H,8H2,(H,18,19). The Morgan fingerprint density at radius 3 is 2.21 bits per heavy atom. The summed E-state index contributed by atoms with van der Waals surface area (Å²) in [6.45, 7) is 0. The third-order valence-electron chi connectivity index (χ3n) is 2.53. The number of carbonyl (C=O) groups is 1. The van der Waals surface area contributed by atoms with Crippen LogP contribution in [-0.4, -0.2) is 5.91 Å². The van der Waals surface area contributed by atoms with Crippen molar-refractivity contribution in [2.75, 3.05) is 5.32 Å². The third-order valence-corrected chi connectivity index (χ3v) is 3.25. The van der Waals surface area contributed by atoms with Crippen LogP contribution in [0.25, 0.3) is 0 Å². The molecule has 0 saturated heterocycles. The zero-order valence-electron chi connectivity index (χ0n) is 9.79. The highest BCUT2D eigenvalue weighted by atomic mass is 127. The van der Waals surface area contributed by atoms with Gasteiger partial charge in [0.05, 0.1) is 6.42 Å². The maximum absolute atomic E-state index is 13.4. The first kappa shape index (κ1) is 13.9. The second-order valence-electron chi connectivity index (χ2n) is 3.93. The van der Waals surface area contributed by atoms with Crippen LogP contribution in [0.1, 0.15) is 5.56 Å². The molecular weight excluding hydrogens is 363 g/mol. The molecule has 2 rings (SSSR count). The lowest BCUT2D eigenvalue weighted by Gasteiger charge is -2.07. The van der Waals surface area contributed by atoms with Crippen LogP contribution in [0.4, 0.5) is 14.5 Å². The topological polar surface area (TPSA) is 29.1 Å². The van der Waals surface area contributed by atoms with Crippen molar-refractivity contribution in [1.82, 2.24) is 0 Å². The molecule has 0 aliphatic rings. The van der Waals surface area contributed by atoms with Crippen molar-refractivity contribution < 1.29 is 13.6 Å². The Kier molecular flexibility index (Phi) is 4.47. The van der Waals surface area contributed by atoms with Gasteiger partial charge in [0.15, 0.2) is 0 Å².